The van der Waals surface area contributed by atoms with Crippen molar-refractivity contribution in [1.29, 1.82) is 0 Å². The van der Waals surface area contributed by atoms with Crippen LogP contribution in [0.4, 0.5) is 0 Å². The van der Waals surface area contributed by atoms with Crippen molar-refractivity contribution in [1.82, 2.24) is 0 Å². The smallest absolute Gasteiger partial charge is 0.0552 e. The van der Waals surface area contributed by atoms with E-state index < -0.39 is 0 Å². The second kappa shape index (κ2) is 3.53. The van der Waals surface area contributed by atoms with Crippen LogP contribution in [-0.2, 0) is 0 Å². The van der Waals surface area contributed by atoms with Gasteiger partial charge in [0.15, 0.2) is 0 Å². The van der Waals surface area contributed by atoms with E-state index in [0.717, 1.165) is 5.70 Å². The van der Waals surface area contributed by atoms with Gasteiger partial charge in [-0.25, -0.2) is 0 Å². The molecule has 0 aliphatic carbocycles. The minimum Gasteiger partial charge on any atom is -0.192 e. The highest BCUT2D eigenvalue weighted by molar-refractivity contribution is 4.90. The lowest BCUT2D eigenvalue weighted by Gasteiger charge is -1.80. The Morgan fingerprint density at radius 2 is 2.14 bits per heavy atom. The molecule has 0 saturated carbocycles. The first-order chi connectivity index (χ1) is 3.31. The Labute approximate surface area is 44.0 Å². The van der Waals surface area contributed by atoms with Crippen LogP contribution in [-0.4, -0.2) is 7.05 Å². The molecule has 40 valence electrons. The zero-order chi connectivity index (χ0) is 5.70. The summed E-state index contributed by atoms with van der Waals surface area (Å²) in [6, 6.07) is 0. The topological polar surface area (TPSA) is 24.7 Å². The molecule has 0 aliphatic rings. The van der Waals surface area contributed by atoms with Gasteiger partial charge >= 0.3 is 0 Å². The number of allylic oxidation sites excluding steroid dienone is 2. The lowest BCUT2D eigenvalue weighted by molar-refractivity contribution is 1.08. The van der Waals surface area contributed by atoms with Crippen molar-refractivity contribution in [2.45, 2.75) is 13.8 Å². The summed E-state index contributed by atoms with van der Waals surface area (Å²) in [4.78, 5) is 0. The molecule has 2 nitrogen and oxygen atoms in total. The molecular weight excluding hydrogens is 88.1 g/mol. The van der Waals surface area contributed by atoms with Crippen LogP contribution in [0.15, 0.2) is 22.0 Å². The van der Waals surface area contributed by atoms with E-state index in [2.05, 4.69) is 10.2 Å². The molecule has 2 heteroatoms. The molecule has 0 rings (SSSR count). The summed E-state index contributed by atoms with van der Waals surface area (Å²) in [5.41, 5.74) is 0.961. The molecule has 0 aliphatic heterocycles. The van der Waals surface area contributed by atoms with E-state index in [-0.39, 0.29) is 0 Å². The lowest BCUT2D eigenvalue weighted by atomic mass is 10.5. The minimum atomic E-state index is 0.961. The number of hydrogen-bond acceptors (Lipinski definition) is 2. The molecule has 7 heavy (non-hydrogen) atoms. The Morgan fingerprint density at radius 1 is 1.57 bits per heavy atom. The predicted molar refractivity (Wildman–Crippen MR) is 30.2 cm³/mol. The fourth-order valence-electron chi connectivity index (χ4n) is 0.215. The highest BCUT2D eigenvalue weighted by Crippen LogP contribution is 1.91. The van der Waals surface area contributed by atoms with Crippen molar-refractivity contribution in [3.05, 3.63) is 11.8 Å². The van der Waals surface area contributed by atoms with Gasteiger partial charge < -0.3 is 0 Å². The highest BCUT2D eigenvalue weighted by Gasteiger charge is 1.72. The van der Waals surface area contributed by atoms with Gasteiger partial charge in [0.2, 0.25) is 0 Å². The largest absolute Gasteiger partial charge is 0.192 e. The average molecular weight is 98.1 g/mol. The van der Waals surface area contributed by atoms with Crippen LogP contribution in [0.25, 0.3) is 0 Å². The maximum Gasteiger partial charge on any atom is 0.0552 e. The second-order valence-electron chi connectivity index (χ2n) is 1.23. The van der Waals surface area contributed by atoms with Gasteiger partial charge in [0.25, 0.3) is 0 Å². The number of azo groups is 1. The second-order valence-corrected chi connectivity index (χ2v) is 1.23. The highest BCUT2D eigenvalue weighted by atomic mass is 15.1. The van der Waals surface area contributed by atoms with E-state index in [4.69, 9.17) is 0 Å². The molecule has 0 saturated heterocycles. The van der Waals surface area contributed by atoms with E-state index >= 15 is 0 Å². The monoisotopic (exact) mass is 98.1 g/mol. The fraction of sp³-hybridized carbons (Fsp3) is 0.600. The van der Waals surface area contributed by atoms with E-state index in [1.807, 2.05) is 19.9 Å². The normalized spacial score (nSPS) is 13.3. The maximum absolute atomic E-state index is 3.73. The zero-order valence-electron chi connectivity index (χ0n) is 4.97. The summed E-state index contributed by atoms with van der Waals surface area (Å²) >= 11 is 0. The van der Waals surface area contributed by atoms with Gasteiger partial charge in [-0.3, -0.25) is 0 Å². The first kappa shape index (κ1) is 6.34. The van der Waals surface area contributed by atoms with Gasteiger partial charge in [0.1, 0.15) is 0 Å². The van der Waals surface area contributed by atoms with E-state index in [9.17, 15) is 0 Å². The molecule has 0 aromatic heterocycles. The first-order valence-corrected chi connectivity index (χ1v) is 2.24. The molecule has 0 fully saturated rings. The Hall–Kier alpha value is -0.660. The SMILES string of the molecule is C/C=C(\C)N=NC. The molecule has 0 radical (unpaired) electrons. The van der Waals surface area contributed by atoms with Crippen LogP contribution in [0.2, 0.25) is 0 Å². The third-order valence-corrected chi connectivity index (χ3v) is 0.676. The minimum absolute atomic E-state index is 0.961. The van der Waals surface area contributed by atoms with Crippen LogP contribution >= 0.6 is 0 Å². The summed E-state index contributed by atoms with van der Waals surface area (Å²) < 4.78 is 0. The van der Waals surface area contributed by atoms with Crippen molar-refractivity contribution in [2.75, 3.05) is 7.05 Å². The summed E-state index contributed by atoms with van der Waals surface area (Å²) in [6.07, 6.45) is 1.91. The van der Waals surface area contributed by atoms with Gasteiger partial charge in [-0.15, -0.1) is 0 Å². The third kappa shape index (κ3) is 3.16. The molecule has 0 spiro atoms. The average Bonchev–Trinajstić information content (AvgIpc) is 1.68. The first-order valence-electron chi connectivity index (χ1n) is 2.24. The van der Waals surface area contributed by atoms with Gasteiger partial charge in [-0.1, -0.05) is 6.08 Å². The molecule has 0 amide bonds. The molecule has 0 unspecified atom stereocenters. The van der Waals surface area contributed by atoms with E-state index in [1.54, 1.807) is 7.05 Å². The van der Waals surface area contributed by atoms with Crippen molar-refractivity contribution in [3.8, 4) is 0 Å². The Kier molecular flexibility index (Phi) is 3.19. The van der Waals surface area contributed by atoms with Gasteiger partial charge in [-0.2, -0.15) is 10.2 Å². The van der Waals surface area contributed by atoms with Crippen LogP contribution < -0.4 is 0 Å². The summed E-state index contributed by atoms with van der Waals surface area (Å²) in [5.74, 6) is 0. The number of rotatable bonds is 1. The third-order valence-electron chi connectivity index (χ3n) is 0.676. The van der Waals surface area contributed by atoms with Crippen molar-refractivity contribution in [3.63, 3.8) is 0 Å². The maximum atomic E-state index is 3.73. The standard InChI is InChI=1S/C5H10N2/c1-4-5(2)7-6-3/h4H,1-3H3/b5-4+,7-6?. The van der Waals surface area contributed by atoms with Crippen LogP contribution in [0.3, 0.4) is 0 Å². The molecule has 0 N–H and O–H groups in total. The Balaban J connectivity index is 3.58. The van der Waals surface area contributed by atoms with Crippen molar-refractivity contribution < 1.29 is 0 Å². The molecule has 0 atom stereocenters. The molecule has 0 aromatic carbocycles. The quantitative estimate of drug-likeness (QED) is 0.448. The summed E-state index contributed by atoms with van der Waals surface area (Å²) in [5, 5.41) is 7.29. The van der Waals surface area contributed by atoms with Crippen molar-refractivity contribution in [2.24, 2.45) is 10.2 Å². The number of hydrogen-bond donors (Lipinski definition) is 0. The summed E-state index contributed by atoms with van der Waals surface area (Å²) in [7, 11) is 1.66. The van der Waals surface area contributed by atoms with E-state index in [0.29, 0.717) is 0 Å². The Morgan fingerprint density at radius 3 is 2.29 bits per heavy atom. The Bertz CT molecular complexity index is 92.3. The van der Waals surface area contributed by atoms with Gasteiger partial charge in [0.05, 0.1) is 5.70 Å². The van der Waals surface area contributed by atoms with Gasteiger partial charge in [-0.05, 0) is 13.8 Å². The predicted octanol–water partition coefficient (Wildman–Crippen LogP) is 1.99. The zero-order valence-corrected chi connectivity index (χ0v) is 4.97. The number of nitrogens with zero attached hydrogens (tertiary/aromatic N) is 2. The molecule has 0 heterocycles. The van der Waals surface area contributed by atoms with Crippen LogP contribution in [0.5, 0.6) is 0 Å². The fourth-order valence-corrected chi connectivity index (χ4v) is 0.215. The van der Waals surface area contributed by atoms with Crippen LogP contribution in [0.1, 0.15) is 13.8 Å². The van der Waals surface area contributed by atoms with Gasteiger partial charge in [0, 0.05) is 7.05 Å². The molecule has 0 bridgehead atoms. The molecular formula is C5H10N2. The molecule has 0 aromatic rings. The van der Waals surface area contributed by atoms with Crippen LogP contribution in [0, 0.1) is 0 Å². The lowest BCUT2D eigenvalue weighted by Crippen LogP contribution is -1.60. The van der Waals surface area contributed by atoms with E-state index in [1.165, 1.54) is 0 Å². The van der Waals surface area contributed by atoms with Crippen molar-refractivity contribution >= 4 is 0 Å². The summed E-state index contributed by atoms with van der Waals surface area (Å²) in [6.45, 7) is 3.84.